The number of carbonyl (C=O) groups excluding carboxylic acids is 1. The molecule has 0 aromatic rings. The van der Waals surface area contributed by atoms with Crippen LogP contribution >= 0.6 is 0 Å². The molecular weight excluding hydrogens is 242 g/mol. The third kappa shape index (κ3) is 4.99. The number of carboxylic acids is 1. The Bertz CT molecular complexity index is 295. The summed E-state index contributed by atoms with van der Waals surface area (Å²) in [5.41, 5.74) is 0. The van der Waals surface area contributed by atoms with Crippen molar-refractivity contribution in [3.63, 3.8) is 0 Å². The highest BCUT2D eigenvalue weighted by Crippen LogP contribution is 2.18. The minimum Gasteiger partial charge on any atom is -0.480 e. The van der Waals surface area contributed by atoms with Gasteiger partial charge >= 0.3 is 11.9 Å². The van der Waals surface area contributed by atoms with E-state index in [-0.39, 0.29) is 19.3 Å². The zero-order chi connectivity index (χ0) is 13.5. The molecule has 0 amide bonds. The lowest BCUT2D eigenvalue weighted by molar-refractivity contribution is -0.156. The molecule has 0 aliphatic carbocycles. The number of aliphatic carboxylic acids is 1. The molecule has 1 fully saturated rings. The van der Waals surface area contributed by atoms with E-state index in [9.17, 15) is 14.7 Å². The summed E-state index contributed by atoms with van der Waals surface area (Å²) in [7, 11) is 0. The highest BCUT2D eigenvalue weighted by molar-refractivity contribution is 5.70. The fraction of sp³-hybridized carbons (Fsp3) is 0.818. The fourth-order valence-electron chi connectivity index (χ4n) is 1.86. The predicted octanol–water partition coefficient (Wildman–Crippen LogP) is -0.566. The summed E-state index contributed by atoms with van der Waals surface area (Å²) in [4.78, 5) is 23.1. The summed E-state index contributed by atoms with van der Waals surface area (Å²) in [5, 5.41) is 18.4. The van der Waals surface area contributed by atoms with E-state index in [2.05, 4.69) is 0 Å². The van der Waals surface area contributed by atoms with E-state index >= 15 is 0 Å². The summed E-state index contributed by atoms with van der Waals surface area (Å²) in [6.07, 6.45) is -0.201. The minimum absolute atomic E-state index is 0.135. The van der Waals surface area contributed by atoms with Crippen LogP contribution < -0.4 is 0 Å². The number of likely N-dealkylation sites (tertiary alicyclic amines) is 1. The molecule has 0 aromatic heterocycles. The summed E-state index contributed by atoms with van der Waals surface area (Å²) in [6, 6.07) is 0. The molecule has 1 rings (SSSR count). The van der Waals surface area contributed by atoms with Gasteiger partial charge in [-0.15, -0.1) is 0 Å². The maximum atomic E-state index is 11.1. The lowest BCUT2D eigenvalue weighted by Crippen LogP contribution is -2.47. The quantitative estimate of drug-likeness (QED) is 0.618. The average molecular weight is 261 g/mol. The van der Waals surface area contributed by atoms with E-state index in [1.807, 2.05) is 0 Å². The van der Waals surface area contributed by atoms with Crippen molar-refractivity contribution < 1.29 is 29.3 Å². The van der Waals surface area contributed by atoms with Gasteiger partial charge in [0.15, 0.2) is 0 Å². The molecule has 0 radical (unpaired) electrons. The fourth-order valence-corrected chi connectivity index (χ4v) is 1.86. The first-order valence-electron chi connectivity index (χ1n) is 5.94. The molecule has 7 heteroatoms. The molecule has 1 saturated heterocycles. The van der Waals surface area contributed by atoms with Crippen LogP contribution in [0.2, 0.25) is 0 Å². The van der Waals surface area contributed by atoms with Gasteiger partial charge < -0.3 is 19.7 Å². The van der Waals surface area contributed by atoms with Gasteiger partial charge in [0.25, 0.3) is 0 Å². The Labute approximate surface area is 105 Å². The second kappa shape index (κ2) is 7.30. The molecule has 104 valence electrons. The van der Waals surface area contributed by atoms with Gasteiger partial charge in [-0.3, -0.25) is 9.69 Å². The highest BCUT2D eigenvalue weighted by atomic mass is 16.6. The number of carbonyl (C=O) groups is 2. The van der Waals surface area contributed by atoms with Crippen LogP contribution in [0.3, 0.4) is 0 Å². The number of esters is 1. The van der Waals surface area contributed by atoms with E-state index in [1.54, 1.807) is 6.92 Å². The number of aliphatic hydroxyl groups is 1. The Morgan fingerprint density at radius 1 is 1.44 bits per heavy atom. The molecule has 7 nitrogen and oxygen atoms in total. The minimum atomic E-state index is -0.972. The van der Waals surface area contributed by atoms with Gasteiger partial charge in [-0.1, -0.05) is 0 Å². The summed E-state index contributed by atoms with van der Waals surface area (Å²) < 4.78 is 10.0. The maximum absolute atomic E-state index is 11.1. The molecule has 2 atom stereocenters. The summed E-state index contributed by atoms with van der Waals surface area (Å²) in [6.45, 7) is 2.13. The number of hydrogen-bond acceptors (Lipinski definition) is 6. The van der Waals surface area contributed by atoms with E-state index in [4.69, 9.17) is 14.6 Å². The number of carboxylic acid groups (broad SMARTS) is 1. The summed E-state index contributed by atoms with van der Waals surface area (Å²) in [5.74, 6) is -1.40. The summed E-state index contributed by atoms with van der Waals surface area (Å²) >= 11 is 0. The molecule has 0 spiro atoms. The van der Waals surface area contributed by atoms with Crippen molar-refractivity contribution in [1.82, 2.24) is 4.90 Å². The third-order valence-corrected chi connectivity index (χ3v) is 2.71. The zero-order valence-electron chi connectivity index (χ0n) is 10.4. The molecule has 2 unspecified atom stereocenters. The van der Waals surface area contributed by atoms with Crippen LogP contribution in [0.15, 0.2) is 0 Å². The number of rotatable bonds is 6. The first-order valence-corrected chi connectivity index (χ1v) is 5.94. The first-order chi connectivity index (χ1) is 8.52. The molecule has 0 aromatic carbocycles. The Morgan fingerprint density at radius 3 is 2.72 bits per heavy atom. The van der Waals surface area contributed by atoms with Crippen LogP contribution in [0, 0.1) is 0 Å². The standard InChI is InChI=1S/C11H19NO6/c1-2-17-11(16)7-18-8-3-4-12(6-10(14)15)9(13)5-8/h8-9,13H,2-7H2,1H3,(H,14,15). The van der Waals surface area contributed by atoms with Crippen LogP contribution in [0.25, 0.3) is 0 Å². The Kier molecular flexibility index (Phi) is 6.03. The lowest BCUT2D eigenvalue weighted by atomic mass is 10.1. The average Bonchev–Trinajstić information content (AvgIpc) is 2.29. The second-order valence-electron chi connectivity index (χ2n) is 4.11. The molecule has 1 aliphatic heterocycles. The van der Waals surface area contributed by atoms with Crippen LogP contribution in [0.1, 0.15) is 19.8 Å². The Morgan fingerprint density at radius 2 is 2.17 bits per heavy atom. The smallest absolute Gasteiger partial charge is 0.332 e. The monoisotopic (exact) mass is 261 g/mol. The van der Waals surface area contributed by atoms with Crippen molar-refractivity contribution in [1.29, 1.82) is 0 Å². The van der Waals surface area contributed by atoms with Crippen LogP contribution in [0.5, 0.6) is 0 Å². The SMILES string of the molecule is CCOC(=O)COC1CCN(CC(=O)O)C(O)C1. The lowest BCUT2D eigenvalue weighted by Gasteiger charge is -2.35. The third-order valence-electron chi connectivity index (χ3n) is 2.71. The number of hydrogen-bond donors (Lipinski definition) is 2. The van der Waals surface area contributed by atoms with Gasteiger partial charge in [0.2, 0.25) is 0 Å². The van der Waals surface area contributed by atoms with Crippen LogP contribution in [0.4, 0.5) is 0 Å². The Balaban J connectivity index is 2.28. The molecule has 0 bridgehead atoms. The number of aliphatic hydroxyl groups excluding tert-OH is 1. The van der Waals surface area contributed by atoms with Crippen molar-refractivity contribution in [3.8, 4) is 0 Å². The predicted molar refractivity (Wildman–Crippen MR) is 60.8 cm³/mol. The van der Waals surface area contributed by atoms with Gasteiger partial charge in [-0.2, -0.15) is 0 Å². The first kappa shape index (κ1) is 14.9. The molecule has 0 saturated carbocycles. The second-order valence-corrected chi connectivity index (χ2v) is 4.11. The van der Waals surface area contributed by atoms with Crippen LogP contribution in [-0.2, 0) is 19.1 Å². The van der Waals surface area contributed by atoms with Gasteiger partial charge in [0.1, 0.15) is 12.8 Å². The molecule has 2 N–H and O–H groups in total. The van der Waals surface area contributed by atoms with E-state index in [0.29, 0.717) is 26.0 Å². The van der Waals surface area contributed by atoms with Gasteiger partial charge in [-0.25, -0.2) is 4.79 Å². The van der Waals surface area contributed by atoms with Crippen LogP contribution in [-0.4, -0.2) is 65.7 Å². The molecular formula is C11H19NO6. The normalized spacial score (nSPS) is 24.8. The van der Waals surface area contributed by atoms with E-state index in [1.165, 1.54) is 4.90 Å². The van der Waals surface area contributed by atoms with Gasteiger partial charge in [0, 0.05) is 13.0 Å². The van der Waals surface area contributed by atoms with Crippen molar-refractivity contribution in [2.75, 3.05) is 26.3 Å². The highest BCUT2D eigenvalue weighted by Gasteiger charge is 2.28. The van der Waals surface area contributed by atoms with Crippen molar-refractivity contribution in [3.05, 3.63) is 0 Å². The Hall–Kier alpha value is -1.18. The molecule has 1 heterocycles. The zero-order valence-corrected chi connectivity index (χ0v) is 10.4. The van der Waals surface area contributed by atoms with Gasteiger partial charge in [-0.05, 0) is 13.3 Å². The number of nitrogens with zero attached hydrogens (tertiary/aromatic N) is 1. The maximum Gasteiger partial charge on any atom is 0.332 e. The topological polar surface area (TPSA) is 96.3 Å². The largest absolute Gasteiger partial charge is 0.480 e. The van der Waals surface area contributed by atoms with E-state index < -0.39 is 18.2 Å². The van der Waals surface area contributed by atoms with Crippen molar-refractivity contribution in [2.24, 2.45) is 0 Å². The molecule has 1 aliphatic rings. The van der Waals surface area contributed by atoms with Crippen molar-refractivity contribution in [2.45, 2.75) is 32.1 Å². The number of ether oxygens (including phenoxy) is 2. The van der Waals surface area contributed by atoms with Gasteiger partial charge in [0.05, 0.1) is 19.3 Å². The van der Waals surface area contributed by atoms with E-state index in [0.717, 1.165) is 0 Å². The molecule has 18 heavy (non-hydrogen) atoms. The van der Waals surface area contributed by atoms with Crippen molar-refractivity contribution >= 4 is 11.9 Å². The number of piperidine rings is 1.